The molecule has 0 saturated heterocycles. The van der Waals surface area contributed by atoms with Gasteiger partial charge in [-0.25, -0.2) is 0 Å². The third-order valence-corrected chi connectivity index (χ3v) is 3.00. The Bertz CT molecular complexity index is 554. The van der Waals surface area contributed by atoms with Gasteiger partial charge in [-0.3, -0.25) is 0 Å². The molecule has 0 aliphatic heterocycles. The van der Waals surface area contributed by atoms with E-state index in [-0.39, 0.29) is 40.9 Å². The van der Waals surface area contributed by atoms with Crippen LogP contribution in [0.3, 0.4) is 0 Å². The first-order valence-electron chi connectivity index (χ1n) is 4.22. The first kappa shape index (κ1) is 13.5. The quantitative estimate of drug-likeness (QED) is 0.662. The summed E-state index contributed by atoms with van der Waals surface area (Å²) in [6.07, 6.45) is 0. The van der Waals surface area contributed by atoms with E-state index in [0.29, 0.717) is 4.47 Å². The number of carbonyl (C=O) groups is 1. The summed E-state index contributed by atoms with van der Waals surface area (Å²) in [4.78, 5) is 10.6. The summed E-state index contributed by atoms with van der Waals surface area (Å²) >= 11 is 3.23. The van der Waals surface area contributed by atoms with E-state index in [1.54, 1.807) is 12.1 Å². The maximum absolute atomic E-state index is 10.6. The molecular formula is C11H6BrNaO3. The summed E-state index contributed by atoms with van der Waals surface area (Å²) in [6.45, 7) is 0. The molecule has 2 aromatic carbocycles. The minimum absolute atomic E-state index is 0. The zero-order valence-corrected chi connectivity index (χ0v) is 12.1. The Morgan fingerprint density at radius 2 is 1.94 bits per heavy atom. The Hall–Kier alpha value is -0.550. The first-order chi connectivity index (χ1) is 7.09. The van der Waals surface area contributed by atoms with Gasteiger partial charge in [0, 0.05) is 0 Å². The van der Waals surface area contributed by atoms with E-state index >= 15 is 0 Å². The zero-order chi connectivity index (χ0) is 11.0. The molecule has 0 atom stereocenters. The predicted octanol–water partition coefficient (Wildman–Crippen LogP) is -1.32. The molecule has 0 fully saturated rings. The number of phenolic OH excluding ortho intramolecular Hbond substituents is 1. The van der Waals surface area contributed by atoms with E-state index < -0.39 is 5.97 Å². The number of aromatic carboxylic acids is 1. The number of phenols is 1. The van der Waals surface area contributed by atoms with Crippen LogP contribution in [0.1, 0.15) is 10.4 Å². The molecule has 0 saturated carbocycles. The third kappa shape index (κ3) is 2.40. The maximum Gasteiger partial charge on any atom is 1.00 e. The largest absolute Gasteiger partial charge is 1.00 e. The van der Waals surface area contributed by atoms with Crippen LogP contribution < -0.4 is 34.7 Å². The van der Waals surface area contributed by atoms with Crippen molar-refractivity contribution < 1.29 is 44.6 Å². The topological polar surface area (TPSA) is 60.4 Å². The van der Waals surface area contributed by atoms with Gasteiger partial charge in [0.05, 0.1) is 10.4 Å². The normalized spacial score (nSPS) is 9.81. The molecule has 1 N–H and O–H groups in total. The number of carboxylic acid groups (broad SMARTS) is 1. The van der Waals surface area contributed by atoms with Gasteiger partial charge in [-0.05, 0) is 44.4 Å². The summed E-state index contributed by atoms with van der Waals surface area (Å²) in [5.74, 6) is -1.08. The Labute approximate surface area is 123 Å². The summed E-state index contributed by atoms with van der Waals surface area (Å²) in [5.41, 5.74) is 0.125. The Kier molecular flexibility index (Phi) is 4.38. The van der Waals surface area contributed by atoms with Crippen LogP contribution in [0.25, 0.3) is 10.8 Å². The Morgan fingerprint density at radius 3 is 2.56 bits per heavy atom. The molecule has 2 rings (SSSR count). The number of aromatic hydroxyl groups is 1. The van der Waals surface area contributed by atoms with Gasteiger partial charge in [-0.15, -0.1) is 0 Å². The van der Waals surface area contributed by atoms with E-state index in [1.165, 1.54) is 18.2 Å². The van der Waals surface area contributed by atoms with E-state index in [0.717, 1.165) is 10.8 Å². The molecule has 2 aromatic rings. The number of fused-ring (bicyclic) bond motifs is 1. The van der Waals surface area contributed by atoms with Gasteiger partial charge in [-0.2, -0.15) is 0 Å². The van der Waals surface area contributed by atoms with Crippen LogP contribution in [0.2, 0.25) is 0 Å². The SMILES string of the molecule is O=C([O-])c1ccc2c(Br)c(O)ccc2c1.[Na+]. The summed E-state index contributed by atoms with van der Waals surface area (Å²) in [6, 6.07) is 7.74. The van der Waals surface area contributed by atoms with E-state index in [4.69, 9.17) is 0 Å². The molecule has 0 unspecified atom stereocenters. The smallest absolute Gasteiger partial charge is 0.545 e. The second-order valence-electron chi connectivity index (χ2n) is 3.12. The molecule has 0 bridgehead atoms. The molecule has 76 valence electrons. The fourth-order valence-corrected chi connectivity index (χ4v) is 1.90. The monoisotopic (exact) mass is 288 g/mol. The molecule has 3 nitrogen and oxygen atoms in total. The maximum atomic E-state index is 10.6. The van der Waals surface area contributed by atoms with Crippen molar-refractivity contribution in [3.05, 3.63) is 40.4 Å². The molecule has 0 aromatic heterocycles. The van der Waals surface area contributed by atoms with Crippen molar-refractivity contribution in [1.82, 2.24) is 0 Å². The molecule has 5 heteroatoms. The van der Waals surface area contributed by atoms with Crippen LogP contribution in [0.15, 0.2) is 34.8 Å². The number of rotatable bonds is 1. The van der Waals surface area contributed by atoms with Gasteiger partial charge in [0.1, 0.15) is 5.75 Å². The number of benzene rings is 2. The number of hydrogen-bond donors (Lipinski definition) is 1. The number of carboxylic acids is 1. The van der Waals surface area contributed by atoms with Crippen molar-refractivity contribution in [3.63, 3.8) is 0 Å². The number of halogens is 1. The molecular weight excluding hydrogens is 283 g/mol. The number of carbonyl (C=O) groups excluding carboxylic acids is 1. The van der Waals surface area contributed by atoms with Crippen molar-refractivity contribution in [1.29, 1.82) is 0 Å². The molecule has 0 spiro atoms. The van der Waals surface area contributed by atoms with E-state index in [1.807, 2.05) is 0 Å². The Balaban J connectivity index is 0.00000128. The van der Waals surface area contributed by atoms with Crippen LogP contribution in [0, 0.1) is 0 Å². The van der Waals surface area contributed by atoms with Gasteiger partial charge in [-0.1, -0.05) is 18.2 Å². The fourth-order valence-electron chi connectivity index (χ4n) is 1.41. The standard InChI is InChI=1S/C11H7BrO3.Na/c12-10-8-3-1-7(11(14)15)5-6(8)2-4-9(10)13;/h1-5,13H,(H,14,15);/q;+1/p-1. The first-order valence-corrected chi connectivity index (χ1v) is 5.01. The average Bonchev–Trinajstić information content (AvgIpc) is 2.23. The van der Waals surface area contributed by atoms with Crippen molar-refractivity contribution in [2.24, 2.45) is 0 Å². The fraction of sp³-hybridized carbons (Fsp3) is 0. The van der Waals surface area contributed by atoms with Gasteiger partial charge < -0.3 is 15.0 Å². The average molecular weight is 289 g/mol. The summed E-state index contributed by atoms with van der Waals surface area (Å²) < 4.78 is 0.560. The van der Waals surface area contributed by atoms with Crippen LogP contribution >= 0.6 is 15.9 Å². The van der Waals surface area contributed by atoms with Crippen molar-refractivity contribution in [3.8, 4) is 5.75 Å². The molecule has 16 heavy (non-hydrogen) atoms. The molecule has 0 aliphatic rings. The third-order valence-electron chi connectivity index (χ3n) is 2.17. The second kappa shape index (κ2) is 5.19. The van der Waals surface area contributed by atoms with Crippen LogP contribution in [0.5, 0.6) is 5.75 Å². The number of hydrogen-bond acceptors (Lipinski definition) is 3. The predicted molar refractivity (Wildman–Crippen MR) is 57.6 cm³/mol. The van der Waals surface area contributed by atoms with Crippen LogP contribution in [-0.2, 0) is 0 Å². The van der Waals surface area contributed by atoms with Crippen LogP contribution in [-0.4, -0.2) is 11.1 Å². The van der Waals surface area contributed by atoms with Gasteiger partial charge in [0.15, 0.2) is 0 Å². The molecule has 0 aliphatic carbocycles. The van der Waals surface area contributed by atoms with Gasteiger partial charge in [0.2, 0.25) is 0 Å². The molecule has 0 heterocycles. The van der Waals surface area contributed by atoms with Crippen LogP contribution in [0.4, 0.5) is 0 Å². The molecule has 0 amide bonds. The van der Waals surface area contributed by atoms with E-state index in [2.05, 4.69) is 15.9 Å². The van der Waals surface area contributed by atoms with Crippen molar-refractivity contribution in [2.45, 2.75) is 0 Å². The minimum Gasteiger partial charge on any atom is -0.545 e. The summed E-state index contributed by atoms with van der Waals surface area (Å²) in [5, 5.41) is 21.5. The van der Waals surface area contributed by atoms with Crippen molar-refractivity contribution in [2.75, 3.05) is 0 Å². The zero-order valence-electron chi connectivity index (χ0n) is 8.53. The minimum atomic E-state index is -1.21. The van der Waals surface area contributed by atoms with Crippen molar-refractivity contribution >= 4 is 32.7 Å². The van der Waals surface area contributed by atoms with E-state index in [9.17, 15) is 15.0 Å². The summed E-state index contributed by atoms with van der Waals surface area (Å²) in [7, 11) is 0. The Morgan fingerprint density at radius 1 is 1.25 bits per heavy atom. The second-order valence-corrected chi connectivity index (χ2v) is 3.92. The van der Waals surface area contributed by atoms with Gasteiger partial charge >= 0.3 is 29.6 Å². The van der Waals surface area contributed by atoms with Gasteiger partial charge in [0.25, 0.3) is 0 Å². The molecule has 0 radical (unpaired) electrons.